The number of phosphoric acid groups is 2. The average molecular weight is 1380 g/mol. The Morgan fingerprint density at radius 2 is 0.489 bits per heavy atom. The number of aliphatic hydroxyl groups excluding tert-OH is 1. The molecule has 558 valence electrons. The first-order chi connectivity index (χ1) is 45.4. The second-order valence-corrected chi connectivity index (χ2v) is 30.9. The Hall–Kier alpha value is -1.94. The summed E-state index contributed by atoms with van der Waals surface area (Å²) in [6.45, 7) is 9.52. The normalized spacial score (nSPS) is 14.0. The average Bonchev–Trinajstić information content (AvgIpc) is 2.23. The van der Waals surface area contributed by atoms with Crippen molar-refractivity contribution >= 4 is 39.5 Å². The Bertz CT molecular complexity index is 1820. The molecular formula is C75H146O17P2. The van der Waals surface area contributed by atoms with Crippen LogP contribution in [-0.2, 0) is 65.4 Å². The molecule has 0 spiro atoms. The van der Waals surface area contributed by atoms with Crippen LogP contribution in [0.1, 0.15) is 388 Å². The number of aliphatic hydroxyl groups is 1. The summed E-state index contributed by atoms with van der Waals surface area (Å²) in [6, 6.07) is 0. The largest absolute Gasteiger partial charge is 0.472 e. The maximum atomic E-state index is 13.1. The zero-order valence-corrected chi connectivity index (χ0v) is 63.1. The van der Waals surface area contributed by atoms with E-state index < -0.39 is 97.5 Å². The number of hydrogen-bond donors (Lipinski definition) is 3. The molecule has 0 aromatic rings. The third kappa shape index (κ3) is 68.6. The van der Waals surface area contributed by atoms with Gasteiger partial charge in [0.05, 0.1) is 26.4 Å². The molecule has 5 atom stereocenters. The predicted molar refractivity (Wildman–Crippen MR) is 381 cm³/mol. The lowest BCUT2D eigenvalue weighted by Gasteiger charge is -2.21. The van der Waals surface area contributed by atoms with Crippen LogP contribution in [0.4, 0.5) is 0 Å². The molecule has 2 unspecified atom stereocenters. The predicted octanol–water partition coefficient (Wildman–Crippen LogP) is 21.9. The van der Waals surface area contributed by atoms with E-state index in [-0.39, 0.29) is 25.7 Å². The number of rotatable bonds is 74. The highest BCUT2D eigenvalue weighted by Gasteiger charge is 2.30. The summed E-state index contributed by atoms with van der Waals surface area (Å²) in [5.41, 5.74) is 0. The molecule has 0 aromatic carbocycles. The van der Waals surface area contributed by atoms with Crippen molar-refractivity contribution < 1.29 is 80.2 Å². The second kappa shape index (κ2) is 66.9. The summed E-state index contributed by atoms with van der Waals surface area (Å²) >= 11 is 0. The minimum absolute atomic E-state index is 0.106. The van der Waals surface area contributed by atoms with E-state index in [4.69, 9.17) is 37.0 Å². The number of unbranched alkanes of at least 4 members (excludes halogenated alkanes) is 44. The van der Waals surface area contributed by atoms with Crippen LogP contribution in [-0.4, -0.2) is 96.7 Å². The fourth-order valence-corrected chi connectivity index (χ4v) is 13.1. The van der Waals surface area contributed by atoms with Gasteiger partial charge >= 0.3 is 39.5 Å². The molecule has 0 aliphatic rings. The minimum atomic E-state index is -4.95. The molecule has 0 amide bonds. The monoisotopic (exact) mass is 1380 g/mol. The van der Waals surface area contributed by atoms with Crippen molar-refractivity contribution in [2.45, 2.75) is 407 Å². The first-order valence-corrected chi connectivity index (χ1v) is 42.0. The molecule has 19 heteroatoms. The standard InChI is InChI=1S/C75H146O17P2/c1-7-9-11-13-14-15-16-17-18-19-20-21-22-23-31-36-41-47-53-60-75(80)92-71(64-86-73(78)58-52-46-40-35-30-26-24-28-33-38-44-49-55-67(3)4)66-90-94(83,84)88-62-69(76)61-87-93(81,82)89-65-70(63-85-72(77)57-51-43-12-10-8-2)91-74(79)59-54-48-42-37-32-27-25-29-34-39-45-50-56-68(5)6/h67-71,76H,7-66H2,1-6H3,(H,81,82)(H,83,84)/t69-,70+,71+/m0/s1. The number of ether oxygens (including phenoxy) is 4. The molecule has 0 saturated carbocycles. The number of esters is 4. The Kier molecular flexibility index (Phi) is 65.5. The van der Waals surface area contributed by atoms with Crippen molar-refractivity contribution in [3.63, 3.8) is 0 Å². The van der Waals surface area contributed by atoms with Gasteiger partial charge < -0.3 is 33.8 Å². The summed E-state index contributed by atoms with van der Waals surface area (Å²) in [4.78, 5) is 72.5. The molecule has 0 aliphatic heterocycles. The molecule has 0 aliphatic carbocycles. The van der Waals surface area contributed by atoms with Crippen LogP contribution in [0.5, 0.6) is 0 Å². The topological polar surface area (TPSA) is 237 Å². The van der Waals surface area contributed by atoms with Crippen LogP contribution in [0.3, 0.4) is 0 Å². The minimum Gasteiger partial charge on any atom is -0.462 e. The van der Waals surface area contributed by atoms with Gasteiger partial charge in [0, 0.05) is 25.7 Å². The van der Waals surface area contributed by atoms with Crippen LogP contribution in [0.15, 0.2) is 0 Å². The zero-order valence-electron chi connectivity index (χ0n) is 61.3. The maximum absolute atomic E-state index is 13.1. The third-order valence-electron chi connectivity index (χ3n) is 17.5. The summed E-state index contributed by atoms with van der Waals surface area (Å²) in [5, 5.41) is 10.6. The van der Waals surface area contributed by atoms with Gasteiger partial charge in [-0.3, -0.25) is 37.3 Å². The Balaban J connectivity index is 5.14. The van der Waals surface area contributed by atoms with Crippen LogP contribution in [0.2, 0.25) is 0 Å². The highest BCUT2D eigenvalue weighted by molar-refractivity contribution is 7.47. The second-order valence-electron chi connectivity index (χ2n) is 28.0. The fraction of sp³-hybridized carbons (Fsp3) is 0.947. The van der Waals surface area contributed by atoms with E-state index in [1.54, 1.807) is 0 Å². The summed E-state index contributed by atoms with van der Waals surface area (Å²) < 4.78 is 68.3. The number of carbonyl (C=O) groups is 4. The quantitative estimate of drug-likeness (QED) is 0.0222. The first kappa shape index (κ1) is 92.1. The summed E-state index contributed by atoms with van der Waals surface area (Å²) in [7, 11) is -9.90. The molecule has 0 rings (SSSR count). The number of phosphoric ester groups is 2. The Morgan fingerprint density at radius 1 is 0.287 bits per heavy atom. The lowest BCUT2D eigenvalue weighted by molar-refractivity contribution is -0.161. The molecule has 0 aromatic heterocycles. The molecule has 0 radical (unpaired) electrons. The lowest BCUT2D eigenvalue weighted by atomic mass is 10.0. The van der Waals surface area contributed by atoms with Gasteiger partial charge in [-0.25, -0.2) is 9.13 Å². The van der Waals surface area contributed by atoms with Crippen molar-refractivity contribution in [2.75, 3.05) is 39.6 Å². The first-order valence-electron chi connectivity index (χ1n) is 39.0. The van der Waals surface area contributed by atoms with E-state index in [1.807, 2.05) is 0 Å². The van der Waals surface area contributed by atoms with Crippen molar-refractivity contribution in [3.8, 4) is 0 Å². The maximum Gasteiger partial charge on any atom is 0.472 e. The van der Waals surface area contributed by atoms with E-state index >= 15 is 0 Å². The molecule has 3 N–H and O–H groups in total. The van der Waals surface area contributed by atoms with Crippen molar-refractivity contribution in [1.82, 2.24) is 0 Å². The molecular weight excluding hydrogens is 1230 g/mol. The van der Waals surface area contributed by atoms with E-state index in [1.165, 1.54) is 199 Å². The Labute approximate surface area is 575 Å². The van der Waals surface area contributed by atoms with E-state index in [0.29, 0.717) is 25.7 Å². The van der Waals surface area contributed by atoms with Gasteiger partial charge in [0.1, 0.15) is 19.3 Å². The molecule has 17 nitrogen and oxygen atoms in total. The smallest absolute Gasteiger partial charge is 0.462 e. The summed E-state index contributed by atoms with van der Waals surface area (Å²) in [6.07, 6.45) is 54.5. The molecule has 0 saturated heterocycles. The summed E-state index contributed by atoms with van der Waals surface area (Å²) in [5.74, 6) is -0.569. The third-order valence-corrected chi connectivity index (χ3v) is 19.4. The van der Waals surface area contributed by atoms with Crippen molar-refractivity contribution in [2.24, 2.45) is 11.8 Å². The van der Waals surface area contributed by atoms with E-state index in [2.05, 4.69) is 41.5 Å². The van der Waals surface area contributed by atoms with E-state index in [9.17, 15) is 43.2 Å². The van der Waals surface area contributed by atoms with Crippen molar-refractivity contribution in [1.29, 1.82) is 0 Å². The van der Waals surface area contributed by atoms with Gasteiger partial charge in [0.15, 0.2) is 12.2 Å². The van der Waals surface area contributed by atoms with Crippen molar-refractivity contribution in [3.05, 3.63) is 0 Å². The van der Waals surface area contributed by atoms with Gasteiger partial charge in [-0.1, -0.05) is 337 Å². The van der Waals surface area contributed by atoms with Gasteiger partial charge in [0.25, 0.3) is 0 Å². The Morgan fingerprint density at radius 3 is 0.723 bits per heavy atom. The highest BCUT2D eigenvalue weighted by Crippen LogP contribution is 2.45. The van der Waals surface area contributed by atoms with Gasteiger partial charge in [-0.05, 0) is 37.5 Å². The number of hydrogen-bond acceptors (Lipinski definition) is 15. The highest BCUT2D eigenvalue weighted by atomic mass is 31.2. The van der Waals surface area contributed by atoms with Crippen LogP contribution in [0, 0.1) is 11.8 Å². The lowest BCUT2D eigenvalue weighted by Crippen LogP contribution is -2.30. The molecule has 94 heavy (non-hydrogen) atoms. The molecule has 0 heterocycles. The van der Waals surface area contributed by atoms with E-state index in [0.717, 1.165) is 108 Å². The van der Waals surface area contributed by atoms with Crippen LogP contribution < -0.4 is 0 Å². The SMILES string of the molecule is CCCCCCCCCCCCCCCCCCCCCC(=O)O[C@H](COC(=O)CCCCCCCCCCCCCCC(C)C)COP(=O)(O)OC[C@@H](O)COP(=O)(O)OC[C@@H](COC(=O)CCCCCCC)OC(=O)CCCCCCCCCCCCCCC(C)C. The van der Waals surface area contributed by atoms with Gasteiger partial charge in [0.2, 0.25) is 0 Å². The molecule has 0 bridgehead atoms. The number of carbonyl (C=O) groups excluding carboxylic acids is 4. The van der Waals surface area contributed by atoms with Crippen LogP contribution in [0.25, 0.3) is 0 Å². The fourth-order valence-electron chi connectivity index (χ4n) is 11.5. The van der Waals surface area contributed by atoms with Gasteiger partial charge in [-0.15, -0.1) is 0 Å². The molecule has 0 fully saturated rings. The zero-order chi connectivity index (χ0) is 69.3. The van der Waals surface area contributed by atoms with Crippen LogP contribution >= 0.6 is 15.6 Å². The van der Waals surface area contributed by atoms with Gasteiger partial charge in [-0.2, -0.15) is 0 Å².